The van der Waals surface area contributed by atoms with E-state index >= 15 is 0 Å². The van der Waals surface area contributed by atoms with E-state index in [0.29, 0.717) is 22.3 Å². The molecule has 2 rings (SSSR count). The maximum atomic E-state index is 12.3. The third kappa shape index (κ3) is 3.35. The molecule has 0 radical (unpaired) electrons. The van der Waals surface area contributed by atoms with E-state index in [2.05, 4.69) is 31.0 Å². The Morgan fingerprint density at radius 2 is 2.20 bits per heavy atom. The summed E-state index contributed by atoms with van der Waals surface area (Å²) in [6.45, 7) is 2.30. The standard InChI is InChI=1S/C11H14BrN5O2S/c1-8-10(13)6-9(12)7-11(8)20(18,19)15-3-5-17-4-2-14-16-17/h2,4,6-7,15H,3,5,13H2,1H3. The molecule has 1 heterocycles. The highest BCUT2D eigenvalue weighted by Crippen LogP contribution is 2.26. The fraction of sp³-hybridized carbons (Fsp3) is 0.273. The van der Waals surface area contributed by atoms with Crippen LogP contribution in [0.15, 0.2) is 33.9 Å². The molecule has 0 spiro atoms. The van der Waals surface area contributed by atoms with E-state index in [1.54, 1.807) is 23.9 Å². The summed E-state index contributed by atoms with van der Waals surface area (Å²) in [7, 11) is -3.61. The van der Waals surface area contributed by atoms with Crippen LogP contribution in [0.1, 0.15) is 5.56 Å². The van der Waals surface area contributed by atoms with Crippen LogP contribution in [0.2, 0.25) is 0 Å². The van der Waals surface area contributed by atoms with Gasteiger partial charge in [0, 0.05) is 22.9 Å². The van der Waals surface area contributed by atoms with Gasteiger partial charge in [-0.05, 0) is 24.6 Å². The fourth-order valence-corrected chi connectivity index (χ4v) is 3.62. The quantitative estimate of drug-likeness (QED) is 0.772. The van der Waals surface area contributed by atoms with Gasteiger partial charge >= 0.3 is 0 Å². The second-order valence-corrected chi connectivity index (χ2v) is 6.83. The Morgan fingerprint density at radius 1 is 1.45 bits per heavy atom. The lowest BCUT2D eigenvalue weighted by molar-refractivity contribution is 0.552. The fourth-order valence-electron chi connectivity index (χ4n) is 1.68. The van der Waals surface area contributed by atoms with Crippen molar-refractivity contribution >= 4 is 31.6 Å². The van der Waals surface area contributed by atoms with Gasteiger partial charge in [0.15, 0.2) is 0 Å². The van der Waals surface area contributed by atoms with E-state index in [0.717, 1.165) is 0 Å². The minimum Gasteiger partial charge on any atom is -0.398 e. The Kier molecular flexibility index (Phi) is 4.41. The molecular weight excluding hydrogens is 346 g/mol. The van der Waals surface area contributed by atoms with Crippen molar-refractivity contribution < 1.29 is 8.42 Å². The Morgan fingerprint density at radius 3 is 2.85 bits per heavy atom. The van der Waals surface area contributed by atoms with Crippen molar-refractivity contribution in [3.63, 3.8) is 0 Å². The van der Waals surface area contributed by atoms with Crippen molar-refractivity contribution in [3.05, 3.63) is 34.6 Å². The van der Waals surface area contributed by atoms with Crippen LogP contribution in [0.3, 0.4) is 0 Å². The summed E-state index contributed by atoms with van der Waals surface area (Å²) in [4.78, 5) is 0.169. The maximum absolute atomic E-state index is 12.3. The van der Waals surface area contributed by atoms with Crippen molar-refractivity contribution in [2.24, 2.45) is 0 Å². The highest BCUT2D eigenvalue weighted by atomic mass is 79.9. The number of nitrogens with two attached hydrogens (primary N) is 1. The van der Waals surface area contributed by atoms with Gasteiger partial charge in [-0.3, -0.25) is 4.68 Å². The highest BCUT2D eigenvalue weighted by Gasteiger charge is 2.18. The number of rotatable bonds is 5. The molecule has 0 saturated heterocycles. The molecule has 0 unspecified atom stereocenters. The lowest BCUT2D eigenvalue weighted by Crippen LogP contribution is -2.28. The summed E-state index contributed by atoms with van der Waals surface area (Å²) >= 11 is 3.24. The summed E-state index contributed by atoms with van der Waals surface area (Å²) in [6.07, 6.45) is 3.20. The Bertz CT molecular complexity index is 700. The van der Waals surface area contributed by atoms with Gasteiger partial charge in [0.25, 0.3) is 0 Å². The molecular formula is C11H14BrN5O2S. The summed E-state index contributed by atoms with van der Waals surface area (Å²) in [6, 6.07) is 3.20. The van der Waals surface area contributed by atoms with Crippen LogP contribution in [-0.4, -0.2) is 30.0 Å². The zero-order valence-electron chi connectivity index (χ0n) is 10.7. The van der Waals surface area contributed by atoms with Gasteiger partial charge in [-0.25, -0.2) is 13.1 Å². The normalized spacial score (nSPS) is 11.7. The number of anilines is 1. The van der Waals surface area contributed by atoms with Crippen molar-refractivity contribution in [2.75, 3.05) is 12.3 Å². The number of halogens is 1. The van der Waals surface area contributed by atoms with Crippen molar-refractivity contribution in [1.29, 1.82) is 0 Å². The number of hydrogen-bond acceptors (Lipinski definition) is 5. The van der Waals surface area contributed by atoms with E-state index in [9.17, 15) is 8.42 Å². The zero-order valence-corrected chi connectivity index (χ0v) is 13.1. The summed E-state index contributed by atoms with van der Waals surface area (Å²) in [5.74, 6) is 0. The van der Waals surface area contributed by atoms with Crippen LogP contribution >= 0.6 is 15.9 Å². The number of hydrogen-bond donors (Lipinski definition) is 2. The molecule has 20 heavy (non-hydrogen) atoms. The van der Waals surface area contributed by atoms with E-state index in [4.69, 9.17) is 5.73 Å². The third-order valence-corrected chi connectivity index (χ3v) is 4.80. The smallest absolute Gasteiger partial charge is 0.241 e. The molecule has 0 saturated carbocycles. The van der Waals surface area contributed by atoms with Gasteiger partial charge in [-0.1, -0.05) is 21.1 Å². The van der Waals surface area contributed by atoms with E-state index in [-0.39, 0.29) is 11.4 Å². The average molecular weight is 360 g/mol. The van der Waals surface area contributed by atoms with Crippen LogP contribution in [-0.2, 0) is 16.6 Å². The first-order valence-electron chi connectivity index (χ1n) is 5.79. The molecule has 7 nitrogen and oxygen atoms in total. The molecule has 0 aliphatic rings. The largest absolute Gasteiger partial charge is 0.398 e. The van der Waals surface area contributed by atoms with Crippen LogP contribution in [0, 0.1) is 6.92 Å². The minimum atomic E-state index is -3.61. The summed E-state index contributed by atoms with van der Waals surface area (Å²) in [5.41, 5.74) is 6.74. The maximum Gasteiger partial charge on any atom is 0.241 e. The van der Waals surface area contributed by atoms with Crippen LogP contribution in [0.5, 0.6) is 0 Å². The molecule has 108 valence electrons. The molecule has 3 N–H and O–H groups in total. The van der Waals surface area contributed by atoms with Crippen molar-refractivity contribution in [3.8, 4) is 0 Å². The number of nitrogens with zero attached hydrogens (tertiary/aromatic N) is 3. The molecule has 0 aliphatic heterocycles. The van der Waals surface area contributed by atoms with Crippen molar-refractivity contribution in [2.45, 2.75) is 18.4 Å². The molecule has 0 atom stereocenters. The average Bonchev–Trinajstić information content (AvgIpc) is 2.86. The second kappa shape index (κ2) is 5.90. The van der Waals surface area contributed by atoms with Gasteiger partial charge in [0.1, 0.15) is 0 Å². The summed E-state index contributed by atoms with van der Waals surface area (Å²) in [5, 5.41) is 7.40. The van der Waals surface area contributed by atoms with Gasteiger partial charge in [0.05, 0.1) is 17.6 Å². The lowest BCUT2D eigenvalue weighted by Gasteiger charge is -2.11. The molecule has 9 heteroatoms. The van der Waals surface area contributed by atoms with Crippen LogP contribution in [0.25, 0.3) is 0 Å². The second-order valence-electron chi connectivity index (χ2n) is 4.18. The summed E-state index contributed by atoms with van der Waals surface area (Å²) < 4.78 is 29.2. The number of nitrogen functional groups attached to an aromatic ring is 1. The predicted molar refractivity (Wildman–Crippen MR) is 78.5 cm³/mol. The molecule has 0 aliphatic carbocycles. The Labute approximate surface area is 125 Å². The number of nitrogens with one attached hydrogen (secondary N) is 1. The Hall–Kier alpha value is -1.45. The topological polar surface area (TPSA) is 103 Å². The lowest BCUT2D eigenvalue weighted by atomic mass is 10.2. The molecule has 0 amide bonds. The molecule has 0 bridgehead atoms. The molecule has 0 fully saturated rings. The first kappa shape index (κ1) is 14.9. The monoisotopic (exact) mass is 359 g/mol. The Balaban J connectivity index is 2.14. The van der Waals surface area contributed by atoms with Gasteiger partial charge in [0.2, 0.25) is 10.0 Å². The SMILES string of the molecule is Cc1c(N)cc(Br)cc1S(=O)(=O)NCCn1ccnn1. The number of sulfonamides is 1. The first-order chi connectivity index (χ1) is 9.40. The van der Waals surface area contributed by atoms with E-state index in [1.165, 1.54) is 12.3 Å². The van der Waals surface area contributed by atoms with Gasteiger partial charge in [-0.15, -0.1) is 5.10 Å². The predicted octanol–water partition coefficient (Wildman–Crippen LogP) is 0.910. The number of benzene rings is 1. The molecule has 2 aromatic rings. The van der Waals surface area contributed by atoms with E-state index in [1.807, 2.05) is 0 Å². The minimum absolute atomic E-state index is 0.169. The third-order valence-electron chi connectivity index (χ3n) is 2.76. The van der Waals surface area contributed by atoms with Gasteiger partial charge in [-0.2, -0.15) is 0 Å². The van der Waals surface area contributed by atoms with Crippen LogP contribution in [0.4, 0.5) is 5.69 Å². The highest BCUT2D eigenvalue weighted by molar-refractivity contribution is 9.10. The van der Waals surface area contributed by atoms with E-state index < -0.39 is 10.0 Å². The van der Waals surface area contributed by atoms with Crippen molar-refractivity contribution in [1.82, 2.24) is 19.7 Å². The first-order valence-corrected chi connectivity index (χ1v) is 8.07. The van der Waals surface area contributed by atoms with Gasteiger partial charge < -0.3 is 5.73 Å². The molecule has 1 aromatic heterocycles. The molecule has 1 aromatic carbocycles. The zero-order chi connectivity index (χ0) is 14.8. The number of aromatic nitrogens is 3. The van der Waals surface area contributed by atoms with Crippen LogP contribution < -0.4 is 10.5 Å².